The molecule has 1 aromatic carbocycles. The highest BCUT2D eigenvalue weighted by molar-refractivity contribution is 5.92. The Morgan fingerprint density at radius 3 is 2.79 bits per heavy atom. The van der Waals surface area contributed by atoms with Crippen molar-refractivity contribution < 1.29 is 19.1 Å². The number of carboxylic acid groups (broad SMARTS) is 1. The standard InChI is InChI=1S/C13H15FN2O3/c1-3-5-11(12(17)18)16-13(19)15-10-7-4-6-9(14)8(10)2/h3-4,6-7,11H,1,5H2,2H3,(H,17,18)(H2,15,16,19). The summed E-state index contributed by atoms with van der Waals surface area (Å²) in [7, 11) is 0. The van der Waals surface area contributed by atoms with Crippen LogP contribution >= 0.6 is 0 Å². The third-order valence-electron chi connectivity index (χ3n) is 2.52. The van der Waals surface area contributed by atoms with Crippen molar-refractivity contribution in [3.63, 3.8) is 0 Å². The third-order valence-corrected chi connectivity index (χ3v) is 2.52. The molecule has 5 nitrogen and oxygen atoms in total. The Labute approximate surface area is 110 Å². The van der Waals surface area contributed by atoms with Crippen LogP contribution in [-0.4, -0.2) is 23.1 Å². The van der Waals surface area contributed by atoms with Crippen molar-refractivity contribution in [2.45, 2.75) is 19.4 Å². The Morgan fingerprint density at radius 1 is 1.53 bits per heavy atom. The van der Waals surface area contributed by atoms with Crippen LogP contribution in [0.5, 0.6) is 0 Å². The summed E-state index contributed by atoms with van der Waals surface area (Å²) in [5, 5.41) is 13.5. The second-order valence-electron chi connectivity index (χ2n) is 3.93. The van der Waals surface area contributed by atoms with Gasteiger partial charge in [-0.05, 0) is 25.5 Å². The van der Waals surface area contributed by atoms with Gasteiger partial charge in [0.15, 0.2) is 0 Å². The van der Waals surface area contributed by atoms with Crippen LogP contribution in [0.2, 0.25) is 0 Å². The molecule has 0 aliphatic heterocycles. The minimum Gasteiger partial charge on any atom is -0.480 e. The molecule has 1 rings (SSSR count). The number of hydrogen-bond acceptors (Lipinski definition) is 2. The summed E-state index contributed by atoms with van der Waals surface area (Å²) >= 11 is 0. The van der Waals surface area contributed by atoms with Gasteiger partial charge in [0.05, 0.1) is 0 Å². The highest BCUT2D eigenvalue weighted by atomic mass is 19.1. The maximum Gasteiger partial charge on any atom is 0.326 e. The van der Waals surface area contributed by atoms with Gasteiger partial charge in [-0.15, -0.1) is 6.58 Å². The Hall–Kier alpha value is -2.37. The second kappa shape index (κ2) is 6.53. The van der Waals surface area contributed by atoms with Gasteiger partial charge in [-0.3, -0.25) is 0 Å². The number of rotatable bonds is 5. The summed E-state index contributed by atoms with van der Waals surface area (Å²) in [6, 6.07) is 2.49. The van der Waals surface area contributed by atoms with Gasteiger partial charge in [0.1, 0.15) is 11.9 Å². The van der Waals surface area contributed by atoms with Crippen molar-refractivity contribution in [3.05, 3.63) is 42.2 Å². The van der Waals surface area contributed by atoms with E-state index in [1.807, 2.05) is 0 Å². The van der Waals surface area contributed by atoms with Gasteiger partial charge in [0.2, 0.25) is 0 Å². The topological polar surface area (TPSA) is 78.4 Å². The lowest BCUT2D eigenvalue weighted by Gasteiger charge is -2.14. The smallest absolute Gasteiger partial charge is 0.326 e. The number of urea groups is 1. The van der Waals surface area contributed by atoms with Crippen LogP contribution in [0.3, 0.4) is 0 Å². The van der Waals surface area contributed by atoms with Gasteiger partial charge in [-0.25, -0.2) is 14.0 Å². The van der Waals surface area contributed by atoms with E-state index in [1.54, 1.807) is 0 Å². The van der Waals surface area contributed by atoms with Gasteiger partial charge in [-0.1, -0.05) is 12.1 Å². The monoisotopic (exact) mass is 266 g/mol. The molecule has 0 aromatic heterocycles. The predicted molar refractivity (Wildman–Crippen MR) is 69.5 cm³/mol. The number of carbonyl (C=O) groups excluding carboxylic acids is 1. The number of anilines is 1. The van der Waals surface area contributed by atoms with Gasteiger partial charge >= 0.3 is 12.0 Å². The second-order valence-corrected chi connectivity index (χ2v) is 3.93. The highest BCUT2D eigenvalue weighted by Crippen LogP contribution is 2.17. The quantitative estimate of drug-likeness (QED) is 0.715. The third kappa shape index (κ3) is 4.09. The number of benzene rings is 1. The largest absolute Gasteiger partial charge is 0.480 e. The van der Waals surface area contributed by atoms with Crippen molar-refractivity contribution in [2.24, 2.45) is 0 Å². The summed E-state index contributed by atoms with van der Waals surface area (Å²) < 4.78 is 13.3. The van der Waals surface area contributed by atoms with E-state index in [2.05, 4.69) is 17.2 Å². The molecule has 0 bridgehead atoms. The molecular formula is C13H15FN2O3. The Morgan fingerprint density at radius 2 is 2.21 bits per heavy atom. The van der Waals surface area contributed by atoms with Crippen LogP contribution in [0.15, 0.2) is 30.9 Å². The fourth-order valence-electron chi connectivity index (χ4n) is 1.45. The molecule has 1 atom stereocenters. The van der Waals surface area contributed by atoms with E-state index in [9.17, 15) is 14.0 Å². The first kappa shape index (κ1) is 14.7. The van der Waals surface area contributed by atoms with E-state index in [1.165, 1.54) is 31.2 Å². The molecule has 3 N–H and O–H groups in total. The molecule has 0 spiro atoms. The Balaban J connectivity index is 2.71. The molecule has 1 unspecified atom stereocenters. The molecular weight excluding hydrogens is 251 g/mol. The van der Waals surface area contributed by atoms with Crippen molar-refractivity contribution in [2.75, 3.05) is 5.32 Å². The van der Waals surface area contributed by atoms with Crippen LogP contribution in [0.1, 0.15) is 12.0 Å². The molecule has 19 heavy (non-hydrogen) atoms. The summed E-state index contributed by atoms with van der Waals surface area (Å²) in [4.78, 5) is 22.5. The molecule has 102 valence electrons. The van der Waals surface area contributed by atoms with Gasteiger partial charge in [0, 0.05) is 11.3 Å². The van der Waals surface area contributed by atoms with E-state index in [-0.39, 0.29) is 12.0 Å². The summed E-state index contributed by atoms with van der Waals surface area (Å²) in [6.45, 7) is 4.93. The van der Waals surface area contributed by atoms with Crippen molar-refractivity contribution >= 4 is 17.7 Å². The SMILES string of the molecule is C=CCC(NC(=O)Nc1cccc(F)c1C)C(=O)O. The van der Waals surface area contributed by atoms with Crippen LogP contribution in [0, 0.1) is 12.7 Å². The Bertz CT molecular complexity index is 503. The average Bonchev–Trinajstić information content (AvgIpc) is 2.34. The van der Waals surface area contributed by atoms with Crippen molar-refractivity contribution in [1.29, 1.82) is 0 Å². The zero-order chi connectivity index (χ0) is 14.4. The normalized spacial score (nSPS) is 11.5. The molecule has 2 amide bonds. The number of amides is 2. The van der Waals surface area contributed by atoms with E-state index in [0.717, 1.165) is 0 Å². The summed E-state index contributed by atoms with van der Waals surface area (Å²) in [6.07, 6.45) is 1.50. The van der Waals surface area contributed by atoms with Crippen molar-refractivity contribution in [3.8, 4) is 0 Å². The van der Waals surface area contributed by atoms with E-state index >= 15 is 0 Å². The number of aliphatic carboxylic acids is 1. The van der Waals surface area contributed by atoms with E-state index in [0.29, 0.717) is 5.69 Å². The zero-order valence-corrected chi connectivity index (χ0v) is 10.4. The first-order valence-corrected chi connectivity index (χ1v) is 5.62. The molecule has 1 aromatic rings. The number of hydrogen-bond donors (Lipinski definition) is 3. The lowest BCUT2D eigenvalue weighted by atomic mass is 10.2. The first-order chi connectivity index (χ1) is 8.95. The molecule has 0 aliphatic carbocycles. The minimum absolute atomic E-state index is 0.102. The molecule has 0 radical (unpaired) electrons. The molecule has 6 heteroatoms. The van der Waals surface area contributed by atoms with Crippen LogP contribution in [0.25, 0.3) is 0 Å². The van der Waals surface area contributed by atoms with Crippen molar-refractivity contribution in [1.82, 2.24) is 5.32 Å². The van der Waals surface area contributed by atoms with Crippen LogP contribution < -0.4 is 10.6 Å². The maximum atomic E-state index is 13.3. The molecule has 0 heterocycles. The van der Waals surface area contributed by atoms with E-state index < -0.39 is 23.9 Å². The van der Waals surface area contributed by atoms with Crippen LogP contribution in [-0.2, 0) is 4.79 Å². The minimum atomic E-state index is -1.16. The van der Waals surface area contributed by atoms with Gasteiger partial charge < -0.3 is 15.7 Å². The number of carbonyl (C=O) groups is 2. The summed E-state index contributed by atoms with van der Waals surface area (Å²) in [5.41, 5.74) is 0.577. The molecule has 0 saturated carbocycles. The molecule has 0 fully saturated rings. The lowest BCUT2D eigenvalue weighted by Crippen LogP contribution is -2.42. The summed E-state index contributed by atoms with van der Waals surface area (Å²) in [5.74, 6) is -1.61. The number of nitrogens with one attached hydrogen (secondary N) is 2. The lowest BCUT2D eigenvalue weighted by molar-refractivity contribution is -0.139. The zero-order valence-electron chi connectivity index (χ0n) is 10.4. The average molecular weight is 266 g/mol. The van der Waals surface area contributed by atoms with Gasteiger partial charge in [0.25, 0.3) is 0 Å². The fourth-order valence-corrected chi connectivity index (χ4v) is 1.45. The Kier molecular flexibility index (Phi) is 5.05. The highest BCUT2D eigenvalue weighted by Gasteiger charge is 2.18. The molecule has 0 aliphatic rings. The number of carboxylic acids is 1. The molecule has 0 saturated heterocycles. The maximum absolute atomic E-state index is 13.3. The predicted octanol–water partition coefficient (Wildman–Crippen LogP) is 2.28. The van der Waals surface area contributed by atoms with E-state index in [4.69, 9.17) is 5.11 Å². The van der Waals surface area contributed by atoms with Gasteiger partial charge in [-0.2, -0.15) is 0 Å². The number of halogens is 1. The first-order valence-electron chi connectivity index (χ1n) is 5.62. The fraction of sp³-hybridized carbons (Fsp3) is 0.231. The van der Waals surface area contributed by atoms with Crippen LogP contribution in [0.4, 0.5) is 14.9 Å².